The number of rotatable bonds is 9. The van der Waals surface area contributed by atoms with Gasteiger partial charge in [0.2, 0.25) is 15.9 Å². The van der Waals surface area contributed by atoms with E-state index in [4.69, 9.17) is 4.74 Å². The van der Waals surface area contributed by atoms with Crippen LogP contribution in [-0.4, -0.2) is 34.2 Å². The molecule has 10 heteroatoms. The van der Waals surface area contributed by atoms with Crippen molar-refractivity contribution in [2.45, 2.75) is 32.5 Å². The van der Waals surface area contributed by atoms with E-state index in [-0.39, 0.29) is 11.6 Å². The number of halogens is 3. The van der Waals surface area contributed by atoms with Gasteiger partial charge in [-0.05, 0) is 48.2 Å². The van der Waals surface area contributed by atoms with Gasteiger partial charge in [-0.2, -0.15) is 13.2 Å². The predicted octanol–water partition coefficient (Wildman–Crippen LogP) is 4.38. The molecule has 2 rings (SSSR count). The van der Waals surface area contributed by atoms with Crippen LogP contribution in [0.4, 0.5) is 18.9 Å². The molecule has 0 aliphatic carbocycles. The summed E-state index contributed by atoms with van der Waals surface area (Å²) in [5, 5.41) is 2.81. The minimum Gasteiger partial charge on any atom is -0.497 e. The highest BCUT2D eigenvalue weighted by Crippen LogP contribution is 2.32. The van der Waals surface area contributed by atoms with E-state index in [0.717, 1.165) is 24.0 Å². The molecule has 2 aromatic carbocycles. The smallest absolute Gasteiger partial charge is 0.416 e. The molecule has 32 heavy (non-hydrogen) atoms. The molecule has 0 aliphatic rings. The molecule has 1 atom stereocenters. The fourth-order valence-corrected chi connectivity index (χ4v) is 4.04. The van der Waals surface area contributed by atoms with Crippen molar-refractivity contribution in [2.75, 3.05) is 24.2 Å². The number of hydrogen-bond donors (Lipinski definition) is 1. The number of ether oxygens (including phenoxy) is 1. The number of nitrogens with one attached hydrogen (secondary N) is 1. The Balaban J connectivity index is 2.28. The Hall–Kier alpha value is -2.75. The standard InChI is InChI=1S/C22H27F3N2O4S/c1-15(2)12-20(16-8-10-19(31-3)11-9-16)26-21(28)14-27(32(4,29)30)18-7-5-6-17(13-18)22(23,24)25/h5-11,13,15,20H,12,14H2,1-4H3,(H,26,28)/t20-/m0/s1. The molecule has 0 fully saturated rings. The third-order valence-electron chi connectivity index (χ3n) is 4.71. The van der Waals surface area contributed by atoms with Crippen LogP contribution in [0.25, 0.3) is 0 Å². The van der Waals surface area contributed by atoms with Gasteiger partial charge in [-0.3, -0.25) is 9.10 Å². The molecule has 0 aromatic heterocycles. The number of carbonyl (C=O) groups is 1. The molecule has 2 aromatic rings. The van der Waals surface area contributed by atoms with E-state index in [2.05, 4.69) is 5.32 Å². The second-order valence-electron chi connectivity index (χ2n) is 7.84. The third kappa shape index (κ3) is 7.15. The van der Waals surface area contributed by atoms with Crippen molar-refractivity contribution in [1.29, 1.82) is 0 Å². The summed E-state index contributed by atoms with van der Waals surface area (Å²) in [7, 11) is -2.48. The molecular formula is C22H27F3N2O4S. The summed E-state index contributed by atoms with van der Waals surface area (Å²) in [6.45, 7) is 3.31. The second kappa shape index (κ2) is 10.2. The number of nitrogens with zero attached hydrogens (tertiary/aromatic N) is 1. The second-order valence-corrected chi connectivity index (χ2v) is 9.75. The van der Waals surface area contributed by atoms with Gasteiger partial charge in [0, 0.05) is 0 Å². The van der Waals surface area contributed by atoms with Crippen LogP contribution in [0.3, 0.4) is 0 Å². The molecule has 0 heterocycles. The van der Waals surface area contributed by atoms with Crippen molar-refractivity contribution in [3.8, 4) is 5.75 Å². The number of amides is 1. The number of anilines is 1. The van der Waals surface area contributed by atoms with Crippen LogP contribution < -0.4 is 14.4 Å². The fraction of sp³-hybridized carbons (Fsp3) is 0.409. The monoisotopic (exact) mass is 472 g/mol. The van der Waals surface area contributed by atoms with Crippen LogP contribution in [0.1, 0.15) is 37.4 Å². The molecule has 0 radical (unpaired) electrons. The van der Waals surface area contributed by atoms with Gasteiger partial charge in [-0.25, -0.2) is 8.42 Å². The normalized spacial score (nSPS) is 13.0. The molecule has 0 aliphatic heterocycles. The SMILES string of the molecule is COc1ccc([C@H](CC(C)C)NC(=O)CN(c2cccc(C(F)(F)F)c2)S(C)(=O)=O)cc1. The van der Waals surface area contributed by atoms with Crippen molar-refractivity contribution in [3.63, 3.8) is 0 Å². The van der Waals surface area contributed by atoms with Crippen LogP contribution in [0.2, 0.25) is 0 Å². The van der Waals surface area contributed by atoms with Crippen molar-refractivity contribution < 1.29 is 31.1 Å². The van der Waals surface area contributed by atoms with Gasteiger partial charge in [-0.15, -0.1) is 0 Å². The molecule has 6 nitrogen and oxygen atoms in total. The van der Waals surface area contributed by atoms with Crippen LogP contribution in [0, 0.1) is 5.92 Å². The van der Waals surface area contributed by atoms with Gasteiger partial charge < -0.3 is 10.1 Å². The number of sulfonamides is 1. The zero-order valence-electron chi connectivity index (χ0n) is 18.3. The molecule has 1 amide bonds. The van der Waals surface area contributed by atoms with Crippen LogP contribution in [-0.2, 0) is 21.0 Å². The van der Waals surface area contributed by atoms with Gasteiger partial charge in [-0.1, -0.05) is 32.0 Å². The lowest BCUT2D eigenvalue weighted by atomic mass is 9.97. The minimum atomic E-state index is -4.64. The largest absolute Gasteiger partial charge is 0.497 e. The molecular weight excluding hydrogens is 445 g/mol. The number of benzene rings is 2. The zero-order chi connectivity index (χ0) is 24.1. The molecule has 0 saturated heterocycles. The highest BCUT2D eigenvalue weighted by atomic mass is 32.2. The van der Waals surface area contributed by atoms with Crippen molar-refractivity contribution in [1.82, 2.24) is 5.32 Å². The molecule has 176 valence electrons. The Morgan fingerprint density at radius 2 is 1.75 bits per heavy atom. The third-order valence-corrected chi connectivity index (χ3v) is 5.85. The van der Waals surface area contributed by atoms with Gasteiger partial charge in [0.15, 0.2) is 0 Å². The van der Waals surface area contributed by atoms with E-state index in [1.54, 1.807) is 24.3 Å². The number of carbonyl (C=O) groups excluding carboxylic acids is 1. The first-order chi connectivity index (χ1) is 14.8. The first kappa shape index (κ1) is 25.5. The van der Waals surface area contributed by atoms with Crippen LogP contribution >= 0.6 is 0 Å². The number of alkyl halides is 3. The Morgan fingerprint density at radius 1 is 1.12 bits per heavy atom. The fourth-order valence-electron chi connectivity index (χ4n) is 3.19. The van der Waals surface area contributed by atoms with E-state index in [9.17, 15) is 26.4 Å². The van der Waals surface area contributed by atoms with Crippen molar-refractivity contribution >= 4 is 21.6 Å². The average Bonchev–Trinajstić information content (AvgIpc) is 2.70. The molecule has 0 spiro atoms. The lowest BCUT2D eigenvalue weighted by Gasteiger charge is -2.26. The van der Waals surface area contributed by atoms with Gasteiger partial charge >= 0.3 is 6.18 Å². The number of methoxy groups -OCH3 is 1. The van der Waals surface area contributed by atoms with Crippen molar-refractivity contribution in [3.05, 3.63) is 59.7 Å². The van der Waals surface area contributed by atoms with E-state index < -0.39 is 40.3 Å². The first-order valence-electron chi connectivity index (χ1n) is 9.89. The zero-order valence-corrected chi connectivity index (χ0v) is 19.1. The highest BCUT2D eigenvalue weighted by molar-refractivity contribution is 7.92. The molecule has 1 N–H and O–H groups in total. The summed E-state index contributed by atoms with van der Waals surface area (Å²) < 4.78 is 69.6. The van der Waals surface area contributed by atoms with Crippen LogP contribution in [0.15, 0.2) is 48.5 Å². The quantitative estimate of drug-likeness (QED) is 0.588. The lowest BCUT2D eigenvalue weighted by Crippen LogP contribution is -2.42. The summed E-state index contributed by atoms with van der Waals surface area (Å²) in [5.74, 6) is 0.238. The van der Waals surface area contributed by atoms with E-state index in [0.29, 0.717) is 22.5 Å². The summed E-state index contributed by atoms with van der Waals surface area (Å²) in [5.41, 5.74) is -0.430. The Kier molecular flexibility index (Phi) is 8.17. The lowest BCUT2D eigenvalue weighted by molar-refractivity contribution is -0.137. The maximum Gasteiger partial charge on any atom is 0.416 e. The van der Waals surface area contributed by atoms with Gasteiger partial charge in [0.05, 0.1) is 30.7 Å². The highest BCUT2D eigenvalue weighted by Gasteiger charge is 2.32. The number of hydrogen-bond acceptors (Lipinski definition) is 4. The minimum absolute atomic E-state index is 0.219. The maximum absolute atomic E-state index is 13.1. The maximum atomic E-state index is 13.1. The summed E-state index contributed by atoms with van der Waals surface area (Å²) in [6.07, 6.45) is -3.21. The van der Waals surface area contributed by atoms with E-state index in [1.165, 1.54) is 13.2 Å². The molecule has 0 bridgehead atoms. The average molecular weight is 473 g/mol. The van der Waals surface area contributed by atoms with Crippen LogP contribution in [0.5, 0.6) is 5.75 Å². The van der Waals surface area contributed by atoms with Crippen molar-refractivity contribution in [2.24, 2.45) is 5.92 Å². The predicted molar refractivity (Wildman–Crippen MR) is 117 cm³/mol. The summed E-state index contributed by atoms with van der Waals surface area (Å²) >= 11 is 0. The summed E-state index contributed by atoms with van der Waals surface area (Å²) in [4.78, 5) is 12.8. The topological polar surface area (TPSA) is 75.7 Å². The van der Waals surface area contributed by atoms with Gasteiger partial charge in [0.1, 0.15) is 12.3 Å². The Labute approximate surface area is 186 Å². The molecule has 0 unspecified atom stereocenters. The summed E-state index contributed by atoms with van der Waals surface area (Å²) in [6, 6.07) is 10.6. The van der Waals surface area contributed by atoms with E-state index >= 15 is 0 Å². The van der Waals surface area contributed by atoms with E-state index in [1.807, 2.05) is 13.8 Å². The first-order valence-corrected chi connectivity index (χ1v) is 11.7. The molecule has 0 saturated carbocycles. The Bertz CT molecular complexity index is 1020. The van der Waals surface area contributed by atoms with Gasteiger partial charge in [0.25, 0.3) is 0 Å². The Morgan fingerprint density at radius 3 is 2.25 bits per heavy atom.